The zero-order valence-corrected chi connectivity index (χ0v) is 19.0. The molecule has 2 amide bonds. The summed E-state index contributed by atoms with van der Waals surface area (Å²) in [7, 11) is 0. The predicted octanol–water partition coefficient (Wildman–Crippen LogP) is 4.06. The van der Waals surface area contributed by atoms with E-state index in [1.807, 2.05) is 50.2 Å². The fourth-order valence-electron chi connectivity index (χ4n) is 4.67. The van der Waals surface area contributed by atoms with E-state index in [4.69, 9.17) is 4.74 Å². The number of nitrogens with one attached hydrogen (secondary N) is 2. The lowest BCUT2D eigenvalue weighted by Crippen LogP contribution is -2.59. The highest BCUT2D eigenvalue weighted by Crippen LogP contribution is 2.45. The number of carbonyl (C=O) groups is 3. The van der Waals surface area contributed by atoms with Crippen LogP contribution in [0.2, 0.25) is 0 Å². The van der Waals surface area contributed by atoms with Crippen LogP contribution < -0.4 is 10.6 Å². The Balaban J connectivity index is 1.41. The van der Waals surface area contributed by atoms with Crippen molar-refractivity contribution in [2.75, 3.05) is 13.2 Å². The third-order valence-corrected chi connectivity index (χ3v) is 7.22. The maximum Gasteiger partial charge on any atom is 0.408 e. The summed E-state index contributed by atoms with van der Waals surface area (Å²) in [5.74, 6) is -1.35. The molecule has 0 bridgehead atoms. The number of hydrogen-bond acceptors (Lipinski definition) is 4. The standard InChI is InChI=1S/C26H30N2O5/c1-3-26(4-2,22(29)27-16-25(13-14-25)23(30)31)28-24(32)33-15-21-19-11-7-5-9-17(19)18-10-6-8-12-20(18)21/h5-12,21H,3-4,13-16H2,1-2H3,(H,27,29)(H,28,32)(H,30,31). The zero-order chi connectivity index (χ0) is 23.6. The molecule has 1 fully saturated rings. The summed E-state index contributed by atoms with van der Waals surface area (Å²) in [6.45, 7) is 3.86. The lowest BCUT2D eigenvalue weighted by atomic mass is 9.91. The number of rotatable bonds is 9. The largest absolute Gasteiger partial charge is 0.481 e. The zero-order valence-electron chi connectivity index (χ0n) is 19.0. The number of carbonyl (C=O) groups excluding carboxylic acids is 2. The maximum atomic E-state index is 13.0. The van der Waals surface area contributed by atoms with Crippen LogP contribution in [0.4, 0.5) is 4.79 Å². The maximum absolute atomic E-state index is 13.0. The highest BCUT2D eigenvalue weighted by molar-refractivity contribution is 5.90. The average Bonchev–Trinajstić information content (AvgIpc) is 3.57. The van der Waals surface area contributed by atoms with Gasteiger partial charge >= 0.3 is 12.1 Å². The first kappa shape index (κ1) is 22.8. The molecule has 0 saturated heterocycles. The van der Waals surface area contributed by atoms with Gasteiger partial charge in [0.05, 0.1) is 5.41 Å². The van der Waals surface area contributed by atoms with Gasteiger partial charge in [-0.25, -0.2) is 4.79 Å². The molecule has 2 aliphatic rings. The minimum absolute atomic E-state index is 0.0648. The number of alkyl carbamates (subject to hydrolysis) is 1. The minimum Gasteiger partial charge on any atom is -0.481 e. The highest BCUT2D eigenvalue weighted by atomic mass is 16.5. The fourth-order valence-corrected chi connectivity index (χ4v) is 4.67. The van der Waals surface area contributed by atoms with Gasteiger partial charge in [0.1, 0.15) is 12.1 Å². The Bertz CT molecular complexity index is 1030. The summed E-state index contributed by atoms with van der Waals surface area (Å²) in [4.78, 5) is 37.2. The Morgan fingerprint density at radius 2 is 1.55 bits per heavy atom. The molecule has 0 unspecified atom stereocenters. The first-order chi connectivity index (χ1) is 15.9. The Morgan fingerprint density at radius 1 is 1.00 bits per heavy atom. The van der Waals surface area contributed by atoms with E-state index in [9.17, 15) is 19.5 Å². The Morgan fingerprint density at radius 3 is 2.03 bits per heavy atom. The molecule has 7 heteroatoms. The van der Waals surface area contributed by atoms with E-state index >= 15 is 0 Å². The molecule has 2 aromatic rings. The summed E-state index contributed by atoms with van der Waals surface area (Å²) in [5, 5.41) is 14.9. The smallest absolute Gasteiger partial charge is 0.408 e. The first-order valence-corrected chi connectivity index (χ1v) is 11.5. The van der Waals surface area contributed by atoms with Gasteiger partial charge in [-0.2, -0.15) is 0 Å². The topological polar surface area (TPSA) is 105 Å². The fraction of sp³-hybridized carbons (Fsp3) is 0.423. The van der Waals surface area contributed by atoms with Crippen molar-refractivity contribution in [2.45, 2.75) is 51.0 Å². The first-order valence-electron chi connectivity index (χ1n) is 11.5. The molecule has 0 atom stereocenters. The molecule has 0 aromatic heterocycles. The van der Waals surface area contributed by atoms with E-state index in [0.29, 0.717) is 25.7 Å². The number of hydrogen-bond donors (Lipinski definition) is 3. The molecule has 2 aliphatic carbocycles. The number of carboxylic acids is 1. The van der Waals surface area contributed by atoms with Crippen LogP contribution >= 0.6 is 0 Å². The third-order valence-electron chi connectivity index (χ3n) is 7.22. The lowest BCUT2D eigenvalue weighted by molar-refractivity contribution is -0.143. The van der Waals surface area contributed by atoms with Gasteiger partial charge in [0.15, 0.2) is 0 Å². The minimum atomic E-state index is -1.16. The summed E-state index contributed by atoms with van der Waals surface area (Å²) in [5.41, 5.74) is 2.50. The van der Waals surface area contributed by atoms with Crippen LogP contribution in [0.3, 0.4) is 0 Å². The van der Waals surface area contributed by atoms with Crippen LogP contribution in [0.1, 0.15) is 56.6 Å². The molecule has 33 heavy (non-hydrogen) atoms. The van der Waals surface area contributed by atoms with Crippen LogP contribution in [0.5, 0.6) is 0 Å². The second-order valence-electron chi connectivity index (χ2n) is 9.01. The SMILES string of the molecule is CCC(CC)(NC(=O)OCC1c2ccccc2-c2ccccc21)C(=O)NCC1(C(=O)O)CC1. The van der Waals surface area contributed by atoms with Gasteiger partial charge in [0, 0.05) is 12.5 Å². The van der Waals surface area contributed by atoms with Gasteiger partial charge < -0.3 is 20.5 Å². The molecular formula is C26H30N2O5. The number of amides is 2. The van der Waals surface area contributed by atoms with Crippen molar-refractivity contribution >= 4 is 18.0 Å². The van der Waals surface area contributed by atoms with Crippen molar-refractivity contribution in [1.82, 2.24) is 10.6 Å². The van der Waals surface area contributed by atoms with Gasteiger partial charge in [-0.15, -0.1) is 0 Å². The van der Waals surface area contributed by atoms with Crippen molar-refractivity contribution in [3.8, 4) is 11.1 Å². The number of benzene rings is 2. The summed E-state index contributed by atoms with van der Waals surface area (Å²) >= 11 is 0. The summed E-state index contributed by atoms with van der Waals surface area (Å²) < 4.78 is 5.62. The molecule has 2 aromatic carbocycles. The monoisotopic (exact) mass is 450 g/mol. The van der Waals surface area contributed by atoms with E-state index in [1.165, 1.54) is 0 Å². The van der Waals surface area contributed by atoms with Crippen LogP contribution in [-0.2, 0) is 14.3 Å². The Labute approximate surface area is 193 Å². The second-order valence-corrected chi connectivity index (χ2v) is 9.01. The number of carboxylic acid groups (broad SMARTS) is 1. The molecule has 0 radical (unpaired) electrons. The van der Waals surface area contributed by atoms with Gasteiger partial charge in [-0.3, -0.25) is 9.59 Å². The molecule has 3 N–H and O–H groups in total. The average molecular weight is 451 g/mol. The molecule has 0 spiro atoms. The molecule has 174 valence electrons. The van der Waals surface area contributed by atoms with Crippen LogP contribution in [0.25, 0.3) is 11.1 Å². The molecular weight excluding hydrogens is 420 g/mol. The van der Waals surface area contributed by atoms with Gasteiger partial charge in [-0.05, 0) is 47.9 Å². The summed E-state index contributed by atoms with van der Waals surface area (Å²) in [6.07, 6.45) is 1.16. The molecule has 0 aliphatic heterocycles. The van der Waals surface area contributed by atoms with Crippen LogP contribution in [0, 0.1) is 5.41 Å². The Kier molecular flexibility index (Phi) is 6.15. The van der Waals surface area contributed by atoms with Gasteiger partial charge in [0.2, 0.25) is 5.91 Å². The predicted molar refractivity (Wildman–Crippen MR) is 124 cm³/mol. The van der Waals surface area contributed by atoms with E-state index in [0.717, 1.165) is 22.3 Å². The van der Waals surface area contributed by atoms with Crippen molar-refractivity contribution in [2.24, 2.45) is 5.41 Å². The van der Waals surface area contributed by atoms with E-state index in [-0.39, 0.29) is 25.0 Å². The molecule has 7 nitrogen and oxygen atoms in total. The van der Waals surface area contributed by atoms with Crippen molar-refractivity contribution < 1.29 is 24.2 Å². The number of ether oxygens (including phenoxy) is 1. The normalized spacial score (nSPS) is 15.8. The van der Waals surface area contributed by atoms with Crippen molar-refractivity contribution in [1.29, 1.82) is 0 Å². The van der Waals surface area contributed by atoms with Gasteiger partial charge in [0.25, 0.3) is 0 Å². The van der Waals surface area contributed by atoms with Crippen molar-refractivity contribution in [3.05, 3.63) is 59.7 Å². The molecule has 0 heterocycles. The lowest BCUT2D eigenvalue weighted by Gasteiger charge is -2.31. The van der Waals surface area contributed by atoms with Crippen molar-refractivity contribution in [3.63, 3.8) is 0 Å². The van der Waals surface area contributed by atoms with Crippen LogP contribution in [0.15, 0.2) is 48.5 Å². The van der Waals surface area contributed by atoms with E-state index in [1.54, 1.807) is 0 Å². The summed E-state index contributed by atoms with van der Waals surface area (Å²) in [6, 6.07) is 16.2. The second kappa shape index (κ2) is 8.89. The highest BCUT2D eigenvalue weighted by Gasteiger charge is 2.51. The van der Waals surface area contributed by atoms with E-state index < -0.39 is 23.0 Å². The number of aliphatic carboxylic acids is 1. The van der Waals surface area contributed by atoms with Crippen LogP contribution in [-0.4, -0.2) is 41.8 Å². The molecule has 4 rings (SSSR count). The van der Waals surface area contributed by atoms with E-state index in [2.05, 4.69) is 22.8 Å². The Hall–Kier alpha value is -3.35. The van der Waals surface area contributed by atoms with Gasteiger partial charge in [-0.1, -0.05) is 62.4 Å². The molecule has 1 saturated carbocycles. The quantitative estimate of drug-likeness (QED) is 0.534. The third kappa shape index (κ3) is 4.19. The number of fused-ring (bicyclic) bond motifs is 3.